The van der Waals surface area contributed by atoms with Gasteiger partial charge >= 0.3 is 0 Å². The molecule has 1 unspecified atom stereocenters. The van der Waals surface area contributed by atoms with Crippen molar-refractivity contribution in [2.45, 2.75) is 12.5 Å². The molecular weight excluding hydrogens is 206 g/mol. The van der Waals surface area contributed by atoms with Crippen LogP contribution in [0.5, 0.6) is 11.5 Å². The summed E-state index contributed by atoms with van der Waals surface area (Å²) in [6, 6.07) is 7.43. The fraction of sp³-hybridized carbons (Fsp3) is 0.417. The number of carbonyl (C=O) groups is 1. The number of nitrogens with zero attached hydrogens (tertiary/aromatic N) is 1. The molecule has 0 N–H and O–H groups in total. The van der Waals surface area contributed by atoms with Crippen molar-refractivity contribution in [2.75, 3.05) is 19.7 Å². The molecule has 1 atom stereocenters. The van der Waals surface area contributed by atoms with Crippen molar-refractivity contribution >= 4 is 5.91 Å². The summed E-state index contributed by atoms with van der Waals surface area (Å²) in [5.41, 5.74) is 0. The van der Waals surface area contributed by atoms with Gasteiger partial charge in [-0.3, -0.25) is 4.79 Å². The summed E-state index contributed by atoms with van der Waals surface area (Å²) < 4.78 is 11.1. The number of amides is 1. The first kappa shape index (κ1) is 9.51. The van der Waals surface area contributed by atoms with Gasteiger partial charge in [-0.2, -0.15) is 0 Å². The van der Waals surface area contributed by atoms with Crippen LogP contribution in [-0.4, -0.2) is 36.6 Å². The van der Waals surface area contributed by atoms with Crippen LogP contribution in [0.2, 0.25) is 0 Å². The molecule has 0 bridgehead atoms. The van der Waals surface area contributed by atoms with Crippen molar-refractivity contribution in [1.29, 1.82) is 0 Å². The fourth-order valence-corrected chi connectivity index (χ4v) is 1.88. The Morgan fingerprint density at radius 1 is 1.25 bits per heavy atom. The van der Waals surface area contributed by atoms with Gasteiger partial charge in [0.25, 0.3) is 5.91 Å². The minimum Gasteiger partial charge on any atom is -0.485 e. The molecule has 1 amide bonds. The van der Waals surface area contributed by atoms with Crippen LogP contribution >= 0.6 is 0 Å². The molecule has 4 heteroatoms. The minimum absolute atomic E-state index is 0.0424. The van der Waals surface area contributed by atoms with E-state index in [2.05, 4.69) is 0 Å². The van der Waals surface area contributed by atoms with Gasteiger partial charge in [-0.25, -0.2) is 0 Å². The number of likely N-dealkylation sites (tertiary alicyclic amines) is 1. The molecule has 1 saturated heterocycles. The Morgan fingerprint density at radius 3 is 2.69 bits per heavy atom. The highest BCUT2D eigenvalue weighted by Crippen LogP contribution is 2.31. The predicted molar refractivity (Wildman–Crippen MR) is 57.6 cm³/mol. The van der Waals surface area contributed by atoms with Crippen LogP contribution in [-0.2, 0) is 4.79 Å². The number of fused-ring (bicyclic) bond motifs is 1. The first-order chi connectivity index (χ1) is 7.84. The van der Waals surface area contributed by atoms with E-state index < -0.39 is 6.10 Å². The summed E-state index contributed by atoms with van der Waals surface area (Å²) in [6.07, 6.45) is 0.616. The normalized spacial score (nSPS) is 22.5. The zero-order valence-corrected chi connectivity index (χ0v) is 8.89. The molecule has 0 spiro atoms. The smallest absolute Gasteiger partial charge is 0.267 e. The van der Waals surface area contributed by atoms with Crippen LogP contribution in [0.4, 0.5) is 0 Å². The average Bonchev–Trinajstić information content (AvgIpc) is 2.26. The Kier molecular flexibility index (Phi) is 2.20. The highest BCUT2D eigenvalue weighted by molar-refractivity contribution is 5.82. The van der Waals surface area contributed by atoms with Crippen molar-refractivity contribution in [2.24, 2.45) is 0 Å². The van der Waals surface area contributed by atoms with Gasteiger partial charge < -0.3 is 14.4 Å². The lowest BCUT2D eigenvalue weighted by Crippen LogP contribution is -2.51. The van der Waals surface area contributed by atoms with Crippen LogP contribution < -0.4 is 9.47 Å². The summed E-state index contributed by atoms with van der Waals surface area (Å²) in [4.78, 5) is 13.7. The quantitative estimate of drug-likeness (QED) is 0.709. The molecule has 1 fully saturated rings. The molecule has 0 saturated carbocycles. The Balaban J connectivity index is 1.74. The number of ether oxygens (including phenoxy) is 2. The van der Waals surface area contributed by atoms with E-state index in [1.807, 2.05) is 29.2 Å². The Morgan fingerprint density at radius 2 is 2.00 bits per heavy atom. The molecule has 16 heavy (non-hydrogen) atoms. The average molecular weight is 219 g/mol. The van der Waals surface area contributed by atoms with Crippen LogP contribution in [0, 0.1) is 0 Å². The third-order valence-electron chi connectivity index (χ3n) is 2.95. The predicted octanol–water partition coefficient (Wildman–Crippen LogP) is 1.06. The van der Waals surface area contributed by atoms with Crippen molar-refractivity contribution in [1.82, 2.24) is 4.90 Å². The number of carbonyl (C=O) groups excluding carboxylic acids is 1. The molecule has 3 rings (SSSR count). The maximum Gasteiger partial charge on any atom is 0.267 e. The van der Waals surface area contributed by atoms with Gasteiger partial charge in [-0.15, -0.1) is 0 Å². The largest absolute Gasteiger partial charge is 0.485 e. The lowest BCUT2D eigenvalue weighted by atomic mass is 10.2. The SMILES string of the molecule is O=C(C1COc2ccccc2O1)N1CCC1. The van der Waals surface area contributed by atoms with Crippen LogP contribution in [0.3, 0.4) is 0 Å². The van der Waals surface area contributed by atoms with Crippen molar-refractivity contribution in [3.8, 4) is 11.5 Å². The molecule has 1 aromatic rings. The van der Waals surface area contributed by atoms with Crippen LogP contribution in [0.25, 0.3) is 0 Å². The number of hydrogen-bond acceptors (Lipinski definition) is 3. The molecule has 2 aliphatic rings. The maximum atomic E-state index is 11.9. The molecule has 4 nitrogen and oxygen atoms in total. The zero-order chi connectivity index (χ0) is 11.0. The molecular formula is C12H13NO3. The highest BCUT2D eigenvalue weighted by atomic mass is 16.6. The highest BCUT2D eigenvalue weighted by Gasteiger charge is 2.33. The van der Waals surface area contributed by atoms with E-state index >= 15 is 0 Å². The number of rotatable bonds is 1. The third-order valence-corrected chi connectivity index (χ3v) is 2.95. The Labute approximate surface area is 93.8 Å². The molecule has 2 heterocycles. The molecule has 2 aliphatic heterocycles. The summed E-state index contributed by atoms with van der Waals surface area (Å²) in [6.45, 7) is 2.01. The Hall–Kier alpha value is -1.71. The molecule has 84 valence electrons. The maximum absolute atomic E-state index is 11.9. The van der Waals surface area contributed by atoms with Gasteiger partial charge in [0.05, 0.1) is 0 Å². The van der Waals surface area contributed by atoms with E-state index in [9.17, 15) is 4.79 Å². The second-order valence-corrected chi connectivity index (χ2v) is 4.04. The monoisotopic (exact) mass is 219 g/mol. The molecule has 0 radical (unpaired) electrons. The zero-order valence-electron chi connectivity index (χ0n) is 8.89. The molecule has 1 aromatic carbocycles. The van der Waals surface area contributed by atoms with Gasteiger partial charge in [0.1, 0.15) is 6.61 Å². The number of benzene rings is 1. The van der Waals surface area contributed by atoms with Gasteiger partial charge in [0.2, 0.25) is 6.10 Å². The summed E-state index contributed by atoms with van der Waals surface area (Å²) >= 11 is 0. The van der Waals surface area contributed by atoms with Gasteiger partial charge in [-0.05, 0) is 18.6 Å². The first-order valence-electron chi connectivity index (χ1n) is 5.52. The Bertz CT molecular complexity index is 414. The van der Waals surface area contributed by atoms with Crippen LogP contribution in [0.1, 0.15) is 6.42 Å². The summed E-state index contributed by atoms with van der Waals surface area (Å²) in [7, 11) is 0. The fourth-order valence-electron chi connectivity index (χ4n) is 1.88. The van der Waals surface area contributed by atoms with Crippen LogP contribution in [0.15, 0.2) is 24.3 Å². The second kappa shape index (κ2) is 3.70. The van der Waals surface area contributed by atoms with Gasteiger partial charge in [0, 0.05) is 13.1 Å². The minimum atomic E-state index is -0.477. The van der Waals surface area contributed by atoms with E-state index in [0.29, 0.717) is 12.4 Å². The van der Waals surface area contributed by atoms with E-state index in [4.69, 9.17) is 9.47 Å². The lowest BCUT2D eigenvalue weighted by Gasteiger charge is -2.35. The number of para-hydroxylation sites is 2. The van der Waals surface area contributed by atoms with E-state index in [-0.39, 0.29) is 5.91 Å². The van der Waals surface area contributed by atoms with E-state index in [1.54, 1.807) is 0 Å². The molecule has 0 aromatic heterocycles. The van der Waals surface area contributed by atoms with Crippen molar-refractivity contribution in [3.63, 3.8) is 0 Å². The van der Waals surface area contributed by atoms with Crippen molar-refractivity contribution < 1.29 is 14.3 Å². The third kappa shape index (κ3) is 1.50. The first-order valence-corrected chi connectivity index (χ1v) is 5.52. The summed E-state index contributed by atoms with van der Waals surface area (Å²) in [5, 5.41) is 0. The standard InChI is InChI=1S/C12H13NO3/c14-12(13-6-3-7-13)11-8-15-9-4-1-2-5-10(9)16-11/h1-2,4-5,11H,3,6-8H2. The van der Waals surface area contributed by atoms with Gasteiger partial charge in [0.15, 0.2) is 11.5 Å². The van der Waals surface area contributed by atoms with E-state index in [0.717, 1.165) is 25.3 Å². The second-order valence-electron chi connectivity index (χ2n) is 4.04. The number of hydrogen-bond donors (Lipinski definition) is 0. The lowest BCUT2D eigenvalue weighted by molar-refractivity contribution is -0.144. The molecule has 0 aliphatic carbocycles. The van der Waals surface area contributed by atoms with Gasteiger partial charge in [-0.1, -0.05) is 12.1 Å². The topological polar surface area (TPSA) is 38.8 Å². The van der Waals surface area contributed by atoms with E-state index in [1.165, 1.54) is 0 Å². The summed E-state index contributed by atoms with van der Waals surface area (Å²) in [5.74, 6) is 1.42. The van der Waals surface area contributed by atoms with Crippen molar-refractivity contribution in [3.05, 3.63) is 24.3 Å².